The Bertz CT molecular complexity index is 601. The topological polar surface area (TPSA) is 63.7 Å². The fraction of sp³-hybridized carbons (Fsp3) is 0.500. The lowest BCUT2D eigenvalue weighted by molar-refractivity contribution is -0.0440. The van der Waals surface area contributed by atoms with Gasteiger partial charge in [0.15, 0.2) is 5.78 Å². The molecule has 0 radical (unpaired) electrons. The summed E-state index contributed by atoms with van der Waals surface area (Å²) in [4.78, 5) is 11.5. The Kier molecular flexibility index (Phi) is 4.27. The molecule has 1 heterocycles. The van der Waals surface area contributed by atoms with Gasteiger partial charge >= 0.3 is 0 Å². The number of rotatable bonds is 3. The van der Waals surface area contributed by atoms with E-state index in [9.17, 15) is 13.2 Å². The van der Waals surface area contributed by atoms with Crippen molar-refractivity contribution in [2.45, 2.75) is 37.9 Å². The van der Waals surface area contributed by atoms with Crippen LogP contribution < -0.4 is 0 Å². The van der Waals surface area contributed by atoms with Gasteiger partial charge in [-0.15, -0.1) is 0 Å². The second-order valence-electron chi connectivity index (χ2n) is 5.16. The smallest absolute Gasteiger partial charge is 0.243 e. The molecular weight excluding hydrogens is 278 g/mol. The minimum atomic E-state index is -3.58. The molecule has 1 aromatic carbocycles. The van der Waals surface area contributed by atoms with Gasteiger partial charge in [-0.2, -0.15) is 4.31 Å². The molecule has 0 amide bonds. The van der Waals surface area contributed by atoms with E-state index < -0.39 is 10.0 Å². The fourth-order valence-corrected chi connectivity index (χ4v) is 3.99. The first-order valence-electron chi connectivity index (χ1n) is 6.57. The summed E-state index contributed by atoms with van der Waals surface area (Å²) in [6.45, 7) is 5.78. The second kappa shape index (κ2) is 5.63. The quantitative estimate of drug-likeness (QED) is 0.796. The molecule has 5 nitrogen and oxygen atoms in total. The summed E-state index contributed by atoms with van der Waals surface area (Å²) in [5.74, 6) is -0.147. The van der Waals surface area contributed by atoms with Gasteiger partial charge in [0.2, 0.25) is 10.0 Å². The summed E-state index contributed by atoms with van der Waals surface area (Å²) in [5.41, 5.74) is 0.403. The number of ether oxygens (including phenoxy) is 1. The zero-order valence-electron chi connectivity index (χ0n) is 11.9. The third-order valence-corrected chi connectivity index (χ3v) is 5.09. The van der Waals surface area contributed by atoms with Gasteiger partial charge in [0.05, 0.1) is 17.1 Å². The molecule has 20 heavy (non-hydrogen) atoms. The Hall–Kier alpha value is -1.24. The Labute approximate surface area is 119 Å². The van der Waals surface area contributed by atoms with Crippen molar-refractivity contribution in [3.05, 3.63) is 29.8 Å². The molecule has 1 aromatic rings. The molecule has 0 saturated carbocycles. The van der Waals surface area contributed by atoms with Crippen LogP contribution in [0.15, 0.2) is 29.2 Å². The van der Waals surface area contributed by atoms with E-state index in [4.69, 9.17) is 4.74 Å². The van der Waals surface area contributed by atoms with E-state index in [1.807, 2.05) is 13.8 Å². The molecule has 2 atom stereocenters. The lowest BCUT2D eigenvalue weighted by Crippen LogP contribution is -2.48. The number of nitrogens with zero attached hydrogens (tertiary/aromatic N) is 1. The minimum Gasteiger partial charge on any atom is -0.373 e. The van der Waals surface area contributed by atoms with E-state index in [1.165, 1.54) is 23.4 Å². The predicted octanol–water partition coefficient (Wildman–Crippen LogP) is 1.69. The average molecular weight is 297 g/mol. The first-order chi connectivity index (χ1) is 9.30. The number of ketones is 1. The monoisotopic (exact) mass is 297 g/mol. The Morgan fingerprint density at radius 2 is 1.85 bits per heavy atom. The Morgan fingerprint density at radius 1 is 1.25 bits per heavy atom. The van der Waals surface area contributed by atoms with E-state index in [0.717, 1.165) is 0 Å². The number of Topliss-reactive ketones (excluding diaryl/α,β-unsaturated/α-hetero) is 1. The van der Waals surface area contributed by atoms with E-state index in [-0.39, 0.29) is 22.9 Å². The van der Waals surface area contributed by atoms with Gasteiger partial charge < -0.3 is 4.74 Å². The van der Waals surface area contributed by atoms with E-state index in [1.54, 1.807) is 12.1 Å². The highest BCUT2D eigenvalue weighted by molar-refractivity contribution is 7.89. The molecule has 1 fully saturated rings. The van der Waals surface area contributed by atoms with Crippen LogP contribution in [0.1, 0.15) is 31.1 Å². The molecule has 110 valence electrons. The van der Waals surface area contributed by atoms with Gasteiger partial charge in [-0.1, -0.05) is 12.1 Å². The van der Waals surface area contributed by atoms with Gasteiger partial charge in [-0.05, 0) is 32.9 Å². The second-order valence-corrected chi connectivity index (χ2v) is 7.10. The molecule has 1 aliphatic rings. The van der Waals surface area contributed by atoms with Crippen LogP contribution in [0.3, 0.4) is 0 Å². The van der Waals surface area contributed by atoms with E-state index in [2.05, 4.69) is 0 Å². The molecule has 0 spiro atoms. The van der Waals surface area contributed by atoms with Crippen molar-refractivity contribution in [3.8, 4) is 0 Å². The van der Waals surface area contributed by atoms with Crippen LogP contribution in [0, 0.1) is 0 Å². The summed E-state index contributed by atoms with van der Waals surface area (Å²) >= 11 is 0. The molecule has 6 heteroatoms. The van der Waals surface area contributed by atoms with Crippen molar-refractivity contribution in [2.24, 2.45) is 0 Å². The van der Waals surface area contributed by atoms with Crippen LogP contribution in [0.25, 0.3) is 0 Å². The maximum atomic E-state index is 12.6. The number of sulfonamides is 1. The zero-order valence-corrected chi connectivity index (χ0v) is 12.7. The summed E-state index contributed by atoms with van der Waals surface area (Å²) in [6, 6.07) is 6.16. The van der Waals surface area contributed by atoms with Crippen LogP contribution in [0.5, 0.6) is 0 Å². The third-order valence-electron chi connectivity index (χ3n) is 3.26. The first-order valence-corrected chi connectivity index (χ1v) is 8.01. The number of morpholine rings is 1. The normalized spacial score (nSPS) is 24.6. The molecular formula is C14H19NO4S. The first kappa shape index (κ1) is 15.2. The molecule has 0 N–H and O–H groups in total. The van der Waals surface area contributed by atoms with Crippen LogP contribution in [0.2, 0.25) is 0 Å². The maximum absolute atomic E-state index is 12.6. The van der Waals surface area contributed by atoms with Gasteiger partial charge in [0.25, 0.3) is 0 Å². The largest absolute Gasteiger partial charge is 0.373 e. The SMILES string of the molecule is CC(=O)c1cccc(S(=O)(=O)N2C[C@@H](C)O[C@@H](C)C2)c1. The molecule has 1 aliphatic heterocycles. The van der Waals surface area contributed by atoms with Crippen LogP contribution in [0.4, 0.5) is 0 Å². The van der Waals surface area contributed by atoms with Crippen molar-refractivity contribution in [3.63, 3.8) is 0 Å². The Morgan fingerprint density at radius 3 is 2.40 bits per heavy atom. The standard InChI is InChI=1S/C14H19NO4S/c1-10-8-15(9-11(2)19-10)20(17,18)14-6-4-5-13(7-14)12(3)16/h4-7,10-11H,8-9H2,1-3H3/t10-,11+. The fourth-order valence-electron chi connectivity index (χ4n) is 2.35. The van der Waals surface area contributed by atoms with Crippen molar-refractivity contribution in [2.75, 3.05) is 13.1 Å². The average Bonchev–Trinajstić information content (AvgIpc) is 2.37. The number of benzene rings is 1. The summed E-state index contributed by atoms with van der Waals surface area (Å²) < 4.78 is 32.2. The van der Waals surface area contributed by atoms with Crippen LogP contribution in [-0.2, 0) is 14.8 Å². The van der Waals surface area contributed by atoms with Crippen molar-refractivity contribution >= 4 is 15.8 Å². The van der Waals surface area contributed by atoms with Gasteiger partial charge in [0.1, 0.15) is 0 Å². The number of carbonyl (C=O) groups excluding carboxylic acids is 1. The molecule has 0 aliphatic carbocycles. The Balaban J connectivity index is 2.34. The highest BCUT2D eigenvalue weighted by Gasteiger charge is 2.32. The lowest BCUT2D eigenvalue weighted by Gasteiger charge is -2.34. The molecule has 0 bridgehead atoms. The van der Waals surface area contributed by atoms with Gasteiger partial charge in [0, 0.05) is 18.7 Å². The zero-order chi connectivity index (χ0) is 14.9. The molecule has 2 rings (SSSR count). The van der Waals surface area contributed by atoms with Crippen molar-refractivity contribution in [1.82, 2.24) is 4.31 Å². The van der Waals surface area contributed by atoms with Crippen molar-refractivity contribution < 1.29 is 17.9 Å². The molecule has 0 unspecified atom stereocenters. The lowest BCUT2D eigenvalue weighted by atomic mass is 10.2. The molecule has 0 aromatic heterocycles. The number of hydrogen-bond donors (Lipinski definition) is 0. The minimum absolute atomic E-state index is 0.135. The van der Waals surface area contributed by atoms with Gasteiger partial charge in [-0.3, -0.25) is 4.79 Å². The third kappa shape index (κ3) is 3.08. The highest BCUT2D eigenvalue weighted by Crippen LogP contribution is 2.21. The van der Waals surface area contributed by atoms with E-state index in [0.29, 0.717) is 18.7 Å². The molecule has 1 saturated heterocycles. The van der Waals surface area contributed by atoms with Crippen LogP contribution >= 0.6 is 0 Å². The summed E-state index contributed by atoms with van der Waals surface area (Å²) in [6.07, 6.45) is -0.269. The maximum Gasteiger partial charge on any atom is 0.243 e. The van der Waals surface area contributed by atoms with Crippen LogP contribution in [-0.4, -0.2) is 43.8 Å². The van der Waals surface area contributed by atoms with E-state index >= 15 is 0 Å². The number of hydrogen-bond acceptors (Lipinski definition) is 4. The number of carbonyl (C=O) groups is 1. The summed E-state index contributed by atoms with van der Waals surface area (Å²) in [7, 11) is -3.58. The van der Waals surface area contributed by atoms with Crippen molar-refractivity contribution in [1.29, 1.82) is 0 Å². The predicted molar refractivity (Wildman–Crippen MR) is 75.2 cm³/mol. The summed E-state index contributed by atoms with van der Waals surface area (Å²) in [5, 5.41) is 0. The van der Waals surface area contributed by atoms with Gasteiger partial charge in [-0.25, -0.2) is 8.42 Å². The highest BCUT2D eigenvalue weighted by atomic mass is 32.2.